The second kappa shape index (κ2) is 6.86. The fraction of sp³-hybridized carbons (Fsp3) is 0.917. The fourth-order valence-electron chi connectivity index (χ4n) is 2.07. The maximum Gasteiger partial charge on any atom is 0.324 e. The SMILES string of the molecule is CCOC(=O)[C@@H](N)[C@@](C)(CC)N(CC)CC. The minimum absolute atomic E-state index is 0.307. The third-order valence-electron chi connectivity index (χ3n) is 3.41. The summed E-state index contributed by atoms with van der Waals surface area (Å²) in [6.07, 6.45) is 0.828. The summed E-state index contributed by atoms with van der Waals surface area (Å²) in [5.41, 5.74) is 5.70. The predicted molar refractivity (Wildman–Crippen MR) is 66.2 cm³/mol. The molecule has 0 amide bonds. The van der Waals surface area contributed by atoms with Crippen molar-refractivity contribution >= 4 is 5.97 Å². The Bertz CT molecular complexity index is 217. The van der Waals surface area contributed by atoms with E-state index in [1.807, 2.05) is 6.92 Å². The Kier molecular flexibility index (Phi) is 6.60. The molecule has 0 rings (SSSR count). The van der Waals surface area contributed by atoms with Crippen molar-refractivity contribution in [3.8, 4) is 0 Å². The molecule has 0 saturated heterocycles. The average molecular weight is 230 g/mol. The van der Waals surface area contributed by atoms with Gasteiger partial charge in [-0.2, -0.15) is 0 Å². The summed E-state index contributed by atoms with van der Waals surface area (Å²) in [7, 11) is 0. The summed E-state index contributed by atoms with van der Waals surface area (Å²) in [5.74, 6) is -0.307. The third kappa shape index (κ3) is 3.19. The van der Waals surface area contributed by atoms with Crippen molar-refractivity contribution in [3.05, 3.63) is 0 Å². The van der Waals surface area contributed by atoms with Gasteiger partial charge in [-0.3, -0.25) is 9.69 Å². The highest BCUT2D eigenvalue weighted by Gasteiger charge is 2.39. The van der Waals surface area contributed by atoms with Crippen molar-refractivity contribution in [2.75, 3.05) is 19.7 Å². The van der Waals surface area contributed by atoms with E-state index in [0.717, 1.165) is 19.5 Å². The quantitative estimate of drug-likeness (QED) is 0.671. The number of ether oxygens (including phenoxy) is 1. The second-order valence-electron chi connectivity index (χ2n) is 4.11. The average Bonchev–Trinajstić information content (AvgIpc) is 2.29. The van der Waals surface area contributed by atoms with Gasteiger partial charge in [0.05, 0.1) is 6.61 Å². The Balaban J connectivity index is 4.85. The molecule has 0 aliphatic carbocycles. The van der Waals surface area contributed by atoms with Gasteiger partial charge in [0, 0.05) is 5.54 Å². The number of carbonyl (C=O) groups excluding carboxylic acids is 1. The van der Waals surface area contributed by atoms with Gasteiger partial charge in [0.2, 0.25) is 0 Å². The lowest BCUT2D eigenvalue weighted by Crippen LogP contribution is -2.61. The maximum absolute atomic E-state index is 11.7. The summed E-state index contributed by atoms with van der Waals surface area (Å²) < 4.78 is 5.00. The highest BCUT2D eigenvalue weighted by atomic mass is 16.5. The molecule has 16 heavy (non-hydrogen) atoms. The van der Waals surface area contributed by atoms with E-state index in [4.69, 9.17) is 10.5 Å². The number of nitrogens with two attached hydrogens (primary N) is 1. The number of rotatable bonds is 7. The summed E-state index contributed by atoms with van der Waals surface area (Å²) in [4.78, 5) is 13.9. The Morgan fingerprint density at radius 1 is 1.31 bits per heavy atom. The van der Waals surface area contributed by atoms with Gasteiger partial charge in [-0.25, -0.2) is 0 Å². The van der Waals surface area contributed by atoms with E-state index in [1.165, 1.54) is 0 Å². The van der Waals surface area contributed by atoms with Gasteiger partial charge in [0.1, 0.15) is 6.04 Å². The molecule has 96 valence electrons. The number of hydrogen-bond acceptors (Lipinski definition) is 4. The Morgan fingerprint density at radius 2 is 1.81 bits per heavy atom. The van der Waals surface area contributed by atoms with Crippen molar-refractivity contribution in [2.24, 2.45) is 5.73 Å². The number of nitrogens with zero attached hydrogens (tertiary/aromatic N) is 1. The molecule has 2 atom stereocenters. The standard InChI is InChI=1S/C12H26N2O2/c1-6-12(5,14(7-2)8-3)10(13)11(15)16-9-4/h10H,6-9,13H2,1-5H3/t10-,12-/m1/s1. The summed E-state index contributed by atoms with van der Waals surface area (Å²) in [6.45, 7) is 12.2. The molecule has 2 N–H and O–H groups in total. The molecule has 0 unspecified atom stereocenters. The summed E-state index contributed by atoms with van der Waals surface area (Å²) in [5, 5.41) is 0. The minimum Gasteiger partial charge on any atom is -0.465 e. The van der Waals surface area contributed by atoms with Crippen LogP contribution in [0.3, 0.4) is 0 Å². The molecule has 0 aliphatic rings. The second-order valence-corrected chi connectivity index (χ2v) is 4.11. The molecule has 4 nitrogen and oxygen atoms in total. The van der Waals surface area contributed by atoms with Crippen LogP contribution in [0.2, 0.25) is 0 Å². The number of esters is 1. The Hall–Kier alpha value is -0.610. The van der Waals surface area contributed by atoms with Gasteiger partial charge >= 0.3 is 5.97 Å². The van der Waals surface area contributed by atoms with E-state index >= 15 is 0 Å². The first-order valence-electron chi connectivity index (χ1n) is 6.15. The lowest BCUT2D eigenvalue weighted by Gasteiger charge is -2.42. The lowest BCUT2D eigenvalue weighted by atomic mass is 9.87. The zero-order valence-corrected chi connectivity index (χ0v) is 11.2. The lowest BCUT2D eigenvalue weighted by molar-refractivity contribution is -0.148. The van der Waals surface area contributed by atoms with Gasteiger partial charge < -0.3 is 10.5 Å². The van der Waals surface area contributed by atoms with Crippen LogP contribution in [0.1, 0.15) is 41.0 Å². The molecule has 0 bridgehead atoms. The molecule has 0 aromatic rings. The molecule has 0 aliphatic heterocycles. The van der Waals surface area contributed by atoms with Crippen molar-refractivity contribution in [2.45, 2.75) is 52.6 Å². The van der Waals surface area contributed by atoms with E-state index in [2.05, 4.69) is 25.7 Å². The first-order valence-corrected chi connectivity index (χ1v) is 6.15. The van der Waals surface area contributed by atoms with E-state index in [-0.39, 0.29) is 11.5 Å². The van der Waals surface area contributed by atoms with Crippen molar-refractivity contribution in [1.29, 1.82) is 0 Å². The van der Waals surface area contributed by atoms with Crippen molar-refractivity contribution in [3.63, 3.8) is 0 Å². The Labute approximate surface area is 99.1 Å². The van der Waals surface area contributed by atoms with Crippen LogP contribution in [-0.4, -0.2) is 42.1 Å². The van der Waals surface area contributed by atoms with E-state index in [1.54, 1.807) is 6.92 Å². The maximum atomic E-state index is 11.7. The Morgan fingerprint density at radius 3 is 2.12 bits per heavy atom. The molecule has 4 heteroatoms. The van der Waals surface area contributed by atoms with E-state index in [9.17, 15) is 4.79 Å². The predicted octanol–water partition coefficient (Wildman–Crippen LogP) is 1.39. The molecule has 0 spiro atoms. The van der Waals surface area contributed by atoms with Gasteiger partial charge in [-0.15, -0.1) is 0 Å². The molecular formula is C12H26N2O2. The molecule has 0 aromatic heterocycles. The molecule has 0 saturated carbocycles. The van der Waals surface area contributed by atoms with Gasteiger partial charge in [-0.05, 0) is 33.4 Å². The largest absolute Gasteiger partial charge is 0.465 e. The van der Waals surface area contributed by atoms with E-state index in [0.29, 0.717) is 6.61 Å². The van der Waals surface area contributed by atoms with Crippen LogP contribution >= 0.6 is 0 Å². The zero-order chi connectivity index (χ0) is 12.8. The van der Waals surface area contributed by atoms with Crippen LogP contribution < -0.4 is 5.73 Å². The first kappa shape index (κ1) is 15.4. The first-order chi connectivity index (χ1) is 7.47. The van der Waals surface area contributed by atoms with Crippen LogP contribution in [-0.2, 0) is 9.53 Å². The van der Waals surface area contributed by atoms with Gasteiger partial charge in [-0.1, -0.05) is 20.8 Å². The fourth-order valence-corrected chi connectivity index (χ4v) is 2.07. The molecule has 0 fully saturated rings. The summed E-state index contributed by atoms with van der Waals surface area (Å²) >= 11 is 0. The topological polar surface area (TPSA) is 55.6 Å². The van der Waals surface area contributed by atoms with Crippen LogP contribution in [0.4, 0.5) is 0 Å². The van der Waals surface area contributed by atoms with Crippen molar-refractivity contribution < 1.29 is 9.53 Å². The van der Waals surface area contributed by atoms with Crippen molar-refractivity contribution in [1.82, 2.24) is 4.90 Å². The van der Waals surface area contributed by atoms with Crippen LogP contribution in [0.5, 0.6) is 0 Å². The van der Waals surface area contributed by atoms with Crippen LogP contribution in [0.15, 0.2) is 0 Å². The smallest absolute Gasteiger partial charge is 0.324 e. The number of hydrogen-bond donors (Lipinski definition) is 1. The molecular weight excluding hydrogens is 204 g/mol. The summed E-state index contributed by atoms with van der Waals surface area (Å²) in [6, 6.07) is -0.586. The van der Waals surface area contributed by atoms with Crippen LogP contribution in [0, 0.1) is 0 Å². The highest BCUT2D eigenvalue weighted by molar-refractivity contribution is 5.77. The number of carbonyl (C=O) groups is 1. The molecule has 0 heterocycles. The third-order valence-corrected chi connectivity index (χ3v) is 3.41. The van der Waals surface area contributed by atoms with Gasteiger partial charge in [0.15, 0.2) is 0 Å². The van der Waals surface area contributed by atoms with Crippen LogP contribution in [0.25, 0.3) is 0 Å². The van der Waals surface area contributed by atoms with E-state index < -0.39 is 6.04 Å². The highest BCUT2D eigenvalue weighted by Crippen LogP contribution is 2.23. The molecule has 0 radical (unpaired) electrons. The molecule has 0 aromatic carbocycles. The monoisotopic (exact) mass is 230 g/mol. The van der Waals surface area contributed by atoms with Gasteiger partial charge in [0.25, 0.3) is 0 Å². The number of likely N-dealkylation sites (N-methyl/N-ethyl adjacent to an activating group) is 1. The minimum atomic E-state index is -0.586. The zero-order valence-electron chi connectivity index (χ0n) is 11.2. The normalized spacial score (nSPS) is 16.9.